The van der Waals surface area contributed by atoms with E-state index in [-0.39, 0.29) is 34.7 Å². The van der Waals surface area contributed by atoms with E-state index >= 15 is 0 Å². The number of fused-ring (bicyclic) bond motifs is 1. The molecule has 2 aromatic rings. The highest BCUT2D eigenvalue weighted by Gasteiger charge is 2.37. The van der Waals surface area contributed by atoms with Crippen LogP contribution in [-0.2, 0) is 21.3 Å². The van der Waals surface area contributed by atoms with Gasteiger partial charge in [-0.3, -0.25) is 19.5 Å². The number of ether oxygens (including phenoxy) is 1. The highest BCUT2D eigenvalue weighted by molar-refractivity contribution is 7.91. The largest absolute Gasteiger partial charge is 0.377 e. The van der Waals surface area contributed by atoms with Crippen molar-refractivity contribution in [2.75, 3.05) is 13.2 Å². The van der Waals surface area contributed by atoms with Crippen molar-refractivity contribution in [1.82, 2.24) is 14.6 Å². The van der Waals surface area contributed by atoms with Gasteiger partial charge in [-0.05, 0) is 37.1 Å². The lowest BCUT2D eigenvalue weighted by atomic mass is 10.2. The van der Waals surface area contributed by atoms with Gasteiger partial charge in [-0.15, -0.1) is 11.3 Å². The molecule has 1 fully saturated rings. The van der Waals surface area contributed by atoms with E-state index < -0.39 is 21.8 Å². The molecule has 8 nitrogen and oxygen atoms in total. The van der Waals surface area contributed by atoms with Crippen LogP contribution in [0.1, 0.15) is 38.6 Å². The van der Waals surface area contributed by atoms with Crippen LogP contribution in [0.4, 0.5) is 0 Å². The topological polar surface area (TPSA) is 106 Å². The number of aromatic nitrogens is 1. The molecule has 4 heterocycles. The van der Waals surface area contributed by atoms with Gasteiger partial charge in [-0.25, -0.2) is 13.1 Å². The number of nitrogens with zero attached hydrogens (tertiary/aromatic N) is 2. The van der Waals surface area contributed by atoms with Gasteiger partial charge >= 0.3 is 0 Å². The molecule has 142 valence electrons. The lowest BCUT2D eigenvalue weighted by molar-refractivity contribution is 0.0642. The van der Waals surface area contributed by atoms with Crippen LogP contribution in [-0.4, -0.2) is 49.4 Å². The van der Waals surface area contributed by atoms with Crippen LogP contribution in [0.3, 0.4) is 0 Å². The minimum absolute atomic E-state index is 0.0138. The lowest BCUT2D eigenvalue weighted by Gasteiger charge is -2.12. The first-order valence-electron chi connectivity index (χ1n) is 8.47. The van der Waals surface area contributed by atoms with Gasteiger partial charge in [0.05, 0.1) is 18.2 Å². The van der Waals surface area contributed by atoms with Crippen molar-refractivity contribution in [2.24, 2.45) is 0 Å². The third-order valence-electron chi connectivity index (χ3n) is 4.47. The Balaban J connectivity index is 1.45. The number of imide groups is 1. The Morgan fingerprint density at radius 2 is 2.11 bits per heavy atom. The summed E-state index contributed by atoms with van der Waals surface area (Å²) < 4.78 is 33.0. The zero-order chi connectivity index (χ0) is 19.0. The maximum absolute atomic E-state index is 12.4. The summed E-state index contributed by atoms with van der Waals surface area (Å²) in [5.74, 6) is -0.887. The zero-order valence-corrected chi connectivity index (χ0v) is 15.9. The molecule has 0 saturated carbocycles. The molecule has 0 unspecified atom stereocenters. The standard InChI is InChI=1S/C17H17N3O5S2/c21-16-13-4-1-7-18-15(13)17(22)20(16)10-12-5-6-14(26-12)27(23,24)19-9-11-3-2-8-25-11/h1,4-7,11,19H,2-3,8-10H2/t11-/m1/s1. The van der Waals surface area contributed by atoms with Crippen molar-refractivity contribution < 1.29 is 22.7 Å². The molecule has 0 spiro atoms. The van der Waals surface area contributed by atoms with Crippen molar-refractivity contribution in [3.63, 3.8) is 0 Å². The van der Waals surface area contributed by atoms with Crippen LogP contribution in [0.25, 0.3) is 0 Å². The normalized spacial score (nSPS) is 19.7. The summed E-state index contributed by atoms with van der Waals surface area (Å²) in [6.07, 6.45) is 3.14. The number of carbonyl (C=O) groups is 2. The minimum Gasteiger partial charge on any atom is -0.377 e. The second-order valence-corrected chi connectivity index (χ2v) is 9.47. The van der Waals surface area contributed by atoms with E-state index in [2.05, 4.69) is 9.71 Å². The van der Waals surface area contributed by atoms with Crippen molar-refractivity contribution in [1.29, 1.82) is 0 Å². The minimum atomic E-state index is -3.65. The van der Waals surface area contributed by atoms with Gasteiger partial charge in [0.2, 0.25) is 10.0 Å². The molecule has 2 aliphatic rings. The van der Waals surface area contributed by atoms with Crippen LogP contribution in [0.15, 0.2) is 34.7 Å². The number of hydrogen-bond acceptors (Lipinski definition) is 7. The van der Waals surface area contributed by atoms with E-state index in [4.69, 9.17) is 4.74 Å². The molecule has 10 heteroatoms. The predicted molar refractivity (Wildman–Crippen MR) is 96.9 cm³/mol. The van der Waals surface area contributed by atoms with Gasteiger partial charge < -0.3 is 4.74 Å². The fourth-order valence-electron chi connectivity index (χ4n) is 3.08. The first-order valence-corrected chi connectivity index (χ1v) is 10.8. The quantitative estimate of drug-likeness (QED) is 0.726. The van der Waals surface area contributed by atoms with Crippen molar-refractivity contribution >= 4 is 33.2 Å². The molecule has 0 aliphatic carbocycles. The second kappa shape index (κ2) is 7.12. The van der Waals surface area contributed by atoms with Crippen molar-refractivity contribution in [2.45, 2.75) is 29.7 Å². The van der Waals surface area contributed by atoms with Crippen LogP contribution in [0, 0.1) is 0 Å². The van der Waals surface area contributed by atoms with Crippen LogP contribution < -0.4 is 4.72 Å². The highest BCUT2D eigenvalue weighted by Crippen LogP contribution is 2.27. The molecule has 2 amide bonds. The Morgan fingerprint density at radius 3 is 2.85 bits per heavy atom. The summed E-state index contributed by atoms with van der Waals surface area (Å²) in [5, 5.41) is 0. The van der Waals surface area contributed by atoms with Gasteiger partial charge in [-0.1, -0.05) is 0 Å². The maximum atomic E-state index is 12.4. The molecule has 1 saturated heterocycles. The smallest absolute Gasteiger partial charge is 0.280 e. The second-order valence-electron chi connectivity index (χ2n) is 6.30. The number of carbonyl (C=O) groups excluding carboxylic acids is 2. The fraction of sp³-hybridized carbons (Fsp3) is 0.353. The highest BCUT2D eigenvalue weighted by atomic mass is 32.2. The van der Waals surface area contributed by atoms with E-state index in [1.807, 2.05) is 0 Å². The summed E-state index contributed by atoms with van der Waals surface area (Å²) in [4.78, 5) is 30.4. The Labute approximate surface area is 160 Å². The number of sulfonamides is 1. The van der Waals surface area contributed by atoms with Crippen molar-refractivity contribution in [3.05, 3.63) is 46.6 Å². The van der Waals surface area contributed by atoms with E-state index in [1.165, 1.54) is 12.3 Å². The molecule has 4 rings (SSSR count). The first-order chi connectivity index (χ1) is 13.0. The Kier molecular flexibility index (Phi) is 4.81. The number of pyridine rings is 1. The summed E-state index contributed by atoms with van der Waals surface area (Å²) in [5.41, 5.74) is 0.398. The van der Waals surface area contributed by atoms with Gasteiger partial charge in [-0.2, -0.15) is 0 Å². The summed E-state index contributed by atoms with van der Waals surface area (Å²) >= 11 is 1.03. The number of thiophene rings is 1. The van der Waals surface area contributed by atoms with Crippen LogP contribution >= 0.6 is 11.3 Å². The zero-order valence-electron chi connectivity index (χ0n) is 14.3. The fourth-order valence-corrected chi connectivity index (χ4v) is 5.54. The van der Waals surface area contributed by atoms with Crippen LogP contribution in [0.2, 0.25) is 0 Å². The van der Waals surface area contributed by atoms with Gasteiger partial charge in [0.15, 0.2) is 0 Å². The number of hydrogen-bond donors (Lipinski definition) is 1. The first kappa shape index (κ1) is 18.2. The molecule has 27 heavy (non-hydrogen) atoms. The van der Waals surface area contributed by atoms with Gasteiger partial charge in [0, 0.05) is 24.2 Å². The Morgan fingerprint density at radius 1 is 1.26 bits per heavy atom. The lowest BCUT2D eigenvalue weighted by Crippen LogP contribution is -2.31. The average molecular weight is 407 g/mol. The number of nitrogens with one attached hydrogen (secondary N) is 1. The van der Waals surface area contributed by atoms with Crippen LogP contribution in [0.5, 0.6) is 0 Å². The van der Waals surface area contributed by atoms with Gasteiger partial charge in [0.25, 0.3) is 11.8 Å². The summed E-state index contributed by atoms with van der Waals surface area (Å²) in [6, 6.07) is 6.25. The summed E-state index contributed by atoms with van der Waals surface area (Å²) in [7, 11) is -3.65. The van der Waals surface area contributed by atoms with Gasteiger partial charge in [0.1, 0.15) is 9.90 Å². The molecular weight excluding hydrogens is 390 g/mol. The monoisotopic (exact) mass is 407 g/mol. The molecule has 1 N–H and O–H groups in total. The predicted octanol–water partition coefficient (Wildman–Crippen LogP) is 1.40. The Bertz CT molecular complexity index is 961. The maximum Gasteiger partial charge on any atom is 0.280 e. The Hall–Kier alpha value is -2.14. The SMILES string of the molecule is O=C1c2cccnc2C(=O)N1Cc1ccc(S(=O)(=O)NC[C@H]2CCCO2)s1. The molecule has 2 aliphatic heterocycles. The molecule has 0 bridgehead atoms. The molecule has 1 atom stereocenters. The van der Waals surface area contributed by atoms with E-state index in [1.54, 1.807) is 18.2 Å². The third-order valence-corrected chi connectivity index (χ3v) is 7.46. The average Bonchev–Trinajstić information content (AvgIpc) is 3.39. The summed E-state index contributed by atoms with van der Waals surface area (Å²) in [6.45, 7) is 0.907. The van der Waals surface area contributed by atoms with E-state index in [0.717, 1.165) is 29.1 Å². The molecular formula is C17H17N3O5S2. The molecule has 0 aromatic carbocycles. The van der Waals surface area contributed by atoms with E-state index in [9.17, 15) is 18.0 Å². The number of amides is 2. The molecule has 2 aromatic heterocycles. The van der Waals surface area contributed by atoms with Crippen molar-refractivity contribution in [3.8, 4) is 0 Å². The number of rotatable bonds is 6. The molecule has 0 radical (unpaired) electrons. The third kappa shape index (κ3) is 3.53. The van der Waals surface area contributed by atoms with E-state index in [0.29, 0.717) is 11.5 Å².